The van der Waals surface area contributed by atoms with Crippen LogP contribution in [0.15, 0.2) is 48.6 Å². The lowest BCUT2D eigenvalue weighted by molar-refractivity contribution is -0.359. The molecule has 522 valence electrons. The fraction of sp³-hybridized carbons (Fsp3) is 0.880. The molecule has 14 nitrogen and oxygen atoms in total. The first-order valence-electron chi connectivity index (χ1n) is 37.4. The van der Waals surface area contributed by atoms with Gasteiger partial charge in [-0.05, 0) is 70.6 Å². The van der Waals surface area contributed by atoms with E-state index in [0.29, 0.717) is 12.8 Å². The molecule has 2 aliphatic heterocycles. The number of nitrogens with one attached hydrogen (secondary N) is 1. The van der Waals surface area contributed by atoms with Crippen LogP contribution in [-0.4, -0.2) is 140 Å². The largest absolute Gasteiger partial charge is 0.394 e. The van der Waals surface area contributed by atoms with Crippen molar-refractivity contribution in [3.05, 3.63) is 48.6 Å². The van der Waals surface area contributed by atoms with Gasteiger partial charge in [-0.25, -0.2) is 0 Å². The van der Waals surface area contributed by atoms with Gasteiger partial charge in [0.25, 0.3) is 0 Å². The third-order valence-electron chi connectivity index (χ3n) is 18.2. The summed E-state index contributed by atoms with van der Waals surface area (Å²) in [5.74, 6) is -0.248. The summed E-state index contributed by atoms with van der Waals surface area (Å²) in [5.41, 5.74) is 0. The predicted octanol–water partition coefficient (Wildman–Crippen LogP) is 15.9. The monoisotopic (exact) mass is 1260 g/mol. The molecule has 0 aliphatic carbocycles. The maximum Gasteiger partial charge on any atom is 0.220 e. The summed E-state index contributed by atoms with van der Waals surface area (Å²) in [6, 6.07) is -0.939. The van der Waals surface area contributed by atoms with E-state index in [0.717, 1.165) is 44.9 Å². The molecule has 12 atom stereocenters. The lowest BCUT2D eigenvalue weighted by Crippen LogP contribution is -2.65. The molecular formula is C75H139NO13. The van der Waals surface area contributed by atoms with Crippen LogP contribution in [-0.2, 0) is 23.7 Å². The zero-order valence-corrected chi connectivity index (χ0v) is 56.9. The molecule has 0 radical (unpaired) electrons. The van der Waals surface area contributed by atoms with Crippen LogP contribution in [0.3, 0.4) is 0 Å². The van der Waals surface area contributed by atoms with Crippen molar-refractivity contribution in [1.29, 1.82) is 0 Å². The van der Waals surface area contributed by atoms with Crippen molar-refractivity contribution >= 4 is 5.91 Å². The number of hydrogen-bond acceptors (Lipinski definition) is 13. The van der Waals surface area contributed by atoms with Gasteiger partial charge in [-0.15, -0.1) is 0 Å². The maximum atomic E-state index is 13.3. The highest BCUT2D eigenvalue weighted by Gasteiger charge is 2.51. The van der Waals surface area contributed by atoms with E-state index in [2.05, 4.69) is 55.6 Å². The Hall–Kier alpha value is -2.05. The van der Waals surface area contributed by atoms with E-state index < -0.39 is 86.8 Å². The second kappa shape index (κ2) is 59.7. The Labute approximate surface area is 543 Å². The van der Waals surface area contributed by atoms with Gasteiger partial charge in [-0.3, -0.25) is 4.79 Å². The van der Waals surface area contributed by atoms with Gasteiger partial charge in [0.05, 0.1) is 32.0 Å². The van der Waals surface area contributed by atoms with E-state index in [4.69, 9.17) is 18.9 Å². The van der Waals surface area contributed by atoms with E-state index in [1.54, 1.807) is 6.08 Å². The lowest BCUT2D eigenvalue weighted by atomic mass is 9.97. The molecule has 2 heterocycles. The number of hydrogen-bond donors (Lipinski definition) is 9. The van der Waals surface area contributed by atoms with Crippen molar-refractivity contribution in [3.8, 4) is 0 Å². The van der Waals surface area contributed by atoms with E-state index in [-0.39, 0.29) is 18.9 Å². The predicted molar refractivity (Wildman–Crippen MR) is 364 cm³/mol. The van der Waals surface area contributed by atoms with Gasteiger partial charge < -0.3 is 65.1 Å². The molecule has 12 unspecified atom stereocenters. The van der Waals surface area contributed by atoms with Crippen LogP contribution in [0.2, 0.25) is 0 Å². The van der Waals surface area contributed by atoms with E-state index in [1.165, 1.54) is 250 Å². The second-order valence-corrected chi connectivity index (χ2v) is 26.4. The average Bonchev–Trinajstić information content (AvgIpc) is 2.51. The molecule has 0 saturated carbocycles. The van der Waals surface area contributed by atoms with Crippen molar-refractivity contribution in [1.82, 2.24) is 5.32 Å². The van der Waals surface area contributed by atoms with Gasteiger partial charge >= 0.3 is 0 Å². The zero-order valence-electron chi connectivity index (χ0n) is 56.9. The minimum atomic E-state index is -1.79. The summed E-state index contributed by atoms with van der Waals surface area (Å²) in [5, 5.41) is 87.5. The Bertz CT molecular complexity index is 1680. The number of unbranched alkanes of at least 4 members (excludes halogenated alkanes) is 43. The van der Waals surface area contributed by atoms with Crippen LogP contribution in [0.5, 0.6) is 0 Å². The number of aliphatic hydroxyl groups excluding tert-OH is 8. The summed E-state index contributed by atoms with van der Waals surface area (Å²) < 4.78 is 22.9. The highest BCUT2D eigenvalue weighted by molar-refractivity contribution is 5.76. The van der Waals surface area contributed by atoms with Gasteiger partial charge in [0.15, 0.2) is 12.6 Å². The Morgan fingerprint density at radius 2 is 0.719 bits per heavy atom. The number of carbonyl (C=O) groups excluding carboxylic acids is 1. The number of rotatable bonds is 62. The van der Waals surface area contributed by atoms with E-state index in [9.17, 15) is 45.6 Å². The maximum absolute atomic E-state index is 13.3. The van der Waals surface area contributed by atoms with Crippen molar-refractivity contribution in [2.45, 2.75) is 402 Å². The molecule has 89 heavy (non-hydrogen) atoms. The number of amides is 1. The summed E-state index contributed by atoms with van der Waals surface area (Å²) >= 11 is 0. The smallest absolute Gasteiger partial charge is 0.220 e. The van der Waals surface area contributed by atoms with Gasteiger partial charge in [-0.1, -0.05) is 300 Å². The normalized spacial score (nSPS) is 23.3. The molecule has 2 rings (SSSR count). The Morgan fingerprint density at radius 3 is 1.10 bits per heavy atom. The highest BCUT2D eigenvalue weighted by Crippen LogP contribution is 2.30. The Morgan fingerprint density at radius 1 is 0.393 bits per heavy atom. The van der Waals surface area contributed by atoms with Crippen molar-refractivity contribution < 1.29 is 64.6 Å². The molecule has 2 saturated heterocycles. The van der Waals surface area contributed by atoms with Crippen LogP contribution in [0.25, 0.3) is 0 Å². The van der Waals surface area contributed by atoms with Crippen LogP contribution in [0.4, 0.5) is 0 Å². The molecule has 14 heteroatoms. The first kappa shape index (κ1) is 83.0. The van der Waals surface area contributed by atoms with Gasteiger partial charge in [0, 0.05) is 6.42 Å². The minimum Gasteiger partial charge on any atom is -0.394 e. The molecule has 0 aromatic rings. The average molecular weight is 1260 g/mol. The standard InChI is InChI=1S/C75H139NO13/c1-3-5-7-9-11-13-15-17-19-21-23-25-27-29-31-32-33-35-37-39-41-43-45-47-49-51-53-55-57-59-67(80)76-63(62-86-74-72(85)70(83)73(66(61-78)88-74)89-75-71(84)69(82)68(81)65(60-77)87-75)64(79)58-56-54-52-50-48-46-44-42-40-38-36-34-30-28-26-24-22-20-18-16-14-12-10-8-6-4-2/h21,23,40,42,48,50,56,58,63-66,68-75,77-79,81-85H,3-20,22,24-39,41,43-47,49,51-55,57,59-62H2,1-2H3,(H,76,80)/b23-21-,42-40+,50-48+,58-56+. The van der Waals surface area contributed by atoms with Crippen LogP contribution >= 0.6 is 0 Å². The highest BCUT2D eigenvalue weighted by atomic mass is 16.7. The number of carbonyl (C=O) groups is 1. The van der Waals surface area contributed by atoms with Crippen molar-refractivity contribution in [3.63, 3.8) is 0 Å². The first-order valence-corrected chi connectivity index (χ1v) is 37.4. The van der Waals surface area contributed by atoms with Crippen LogP contribution in [0.1, 0.15) is 328 Å². The number of ether oxygens (including phenoxy) is 4. The molecule has 0 bridgehead atoms. The quantitative estimate of drug-likeness (QED) is 0.0204. The lowest BCUT2D eigenvalue weighted by Gasteiger charge is -2.46. The second-order valence-electron chi connectivity index (χ2n) is 26.4. The van der Waals surface area contributed by atoms with Gasteiger partial charge in [0.2, 0.25) is 5.91 Å². The van der Waals surface area contributed by atoms with Crippen LogP contribution in [0, 0.1) is 0 Å². The topological polar surface area (TPSA) is 228 Å². The first-order chi connectivity index (χ1) is 43.6. The van der Waals surface area contributed by atoms with E-state index >= 15 is 0 Å². The van der Waals surface area contributed by atoms with Crippen LogP contribution < -0.4 is 5.32 Å². The van der Waals surface area contributed by atoms with Gasteiger partial charge in [0.1, 0.15) is 48.8 Å². The zero-order chi connectivity index (χ0) is 64.5. The van der Waals surface area contributed by atoms with Crippen molar-refractivity contribution in [2.75, 3.05) is 19.8 Å². The third-order valence-corrected chi connectivity index (χ3v) is 18.2. The number of aliphatic hydroxyl groups is 8. The Balaban J connectivity index is 1.67. The third kappa shape index (κ3) is 43.5. The summed E-state index contributed by atoms with van der Waals surface area (Å²) in [6.07, 6.45) is 61.8. The molecule has 9 N–H and O–H groups in total. The van der Waals surface area contributed by atoms with E-state index in [1.807, 2.05) is 6.08 Å². The molecular weight excluding hydrogens is 1120 g/mol. The molecule has 0 aromatic heterocycles. The fourth-order valence-electron chi connectivity index (χ4n) is 12.3. The SMILES string of the molecule is CCCCCCCCCC/C=C\CCCCCCCCCCCCCCCCCCCC(=O)NC(COC1OC(CO)C(OC2OC(CO)C(O)C(O)C2O)C(O)C1O)C(O)/C=C/CC/C=C/CC/C=C/CCCCCCCCCCCCCCCCCC. The molecule has 2 aliphatic rings. The molecule has 2 fully saturated rings. The Kier molecular flexibility index (Phi) is 55.7. The summed E-state index contributed by atoms with van der Waals surface area (Å²) in [4.78, 5) is 13.3. The van der Waals surface area contributed by atoms with Crippen molar-refractivity contribution in [2.24, 2.45) is 0 Å². The molecule has 0 spiro atoms. The fourth-order valence-corrected chi connectivity index (χ4v) is 12.3. The number of allylic oxidation sites excluding steroid dienone is 7. The minimum absolute atomic E-state index is 0.248. The van der Waals surface area contributed by atoms with Gasteiger partial charge in [-0.2, -0.15) is 0 Å². The molecule has 1 amide bonds. The summed E-state index contributed by atoms with van der Waals surface area (Å²) in [6.45, 7) is 2.82. The molecule has 0 aromatic carbocycles. The summed E-state index contributed by atoms with van der Waals surface area (Å²) in [7, 11) is 0.